The summed E-state index contributed by atoms with van der Waals surface area (Å²) < 4.78 is 49.0. The number of nitrogens with one attached hydrogen (secondary N) is 1. The third-order valence-corrected chi connectivity index (χ3v) is 16.4. The molecule has 0 amide bonds. The Morgan fingerprint density at radius 2 is 1.65 bits per heavy atom. The van der Waals surface area contributed by atoms with Gasteiger partial charge in [0.25, 0.3) is 5.56 Å². The fraction of sp³-hybridized carbons (Fsp3) is 0.773. The van der Waals surface area contributed by atoms with Crippen LogP contribution < -0.4 is 11.2 Å². The molecular weight excluding hydrogens is 482 g/mol. The van der Waals surface area contributed by atoms with Crippen LogP contribution in [0.2, 0.25) is 36.3 Å². The Balaban J connectivity index is 2.59. The van der Waals surface area contributed by atoms with Gasteiger partial charge in [0, 0.05) is 0 Å². The number of alkyl halides is 1. The molecule has 1 unspecified atom stereocenters. The van der Waals surface area contributed by atoms with E-state index in [-0.39, 0.29) is 16.7 Å². The van der Waals surface area contributed by atoms with Crippen LogP contribution in [0.15, 0.2) is 15.8 Å². The largest absolute Gasteiger partial charge is 0.413 e. The summed E-state index contributed by atoms with van der Waals surface area (Å²) in [6.45, 7) is 19.5. The number of aromatic amines is 1. The van der Waals surface area contributed by atoms with Crippen molar-refractivity contribution >= 4 is 22.9 Å². The van der Waals surface area contributed by atoms with Crippen molar-refractivity contribution < 1.29 is 27.2 Å². The average Bonchev–Trinajstić information content (AvgIpc) is 2.94. The summed E-state index contributed by atoms with van der Waals surface area (Å²) >= 11 is 0. The maximum atomic E-state index is 16.0. The highest BCUT2D eigenvalue weighted by molar-refractivity contribution is 6.74. The first-order valence-corrected chi connectivity index (χ1v) is 17.1. The molecule has 0 spiro atoms. The van der Waals surface area contributed by atoms with Crippen LogP contribution in [0, 0.1) is 5.82 Å². The predicted octanol–water partition coefficient (Wildman–Crippen LogP) is 3.89. The Labute approximate surface area is 201 Å². The minimum absolute atomic E-state index is 0.195. The van der Waals surface area contributed by atoms with Crippen molar-refractivity contribution in [1.29, 1.82) is 0 Å². The summed E-state index contributed by atoms with van der Waals surface area (Å²) in [5.74, 6) is -1.28. The number of hydrogen-bond donors (Lipinski definition) is 1. The van der Waals surface area contributed by atoms with Gasteiger partial charge in [-0.25, -0.2) is 9.18 Å². The lowest BCUT2D eigenvalue weighted by Crippen LogP contribution is -2.57. The summed E-state index contributed by atoms with van der Waals surface area (Å²) in [7, 11) is -5.03. The third-order valence-electron chi connectivity index (χ3n) is 7.47. The first-order chi connectivity index (χ1) is 15.2. The van der Waals surface area contributed by atoms with Crippen LogP contribution in [0.5, 0.6) is 0 Å². The van der Waals surface area contributed by atoms with Gasteiger partial charge in [0.1, 0.15) is 6.10 Å². The molecule has 4 atom stereocenters. The van der Waals surface area contributed by atoms with Crippen LogP contribution >= 0.6 is 0 Å². The molecule has 34 heavy (non-hydrogen) atoms. The number of carbonyl (C=O) groups is 1. The standard InChI is InChI=1S/C22H38F2N2O6Si2/c1-20(2,3)33(7,8)30-13-22(12-27)16(32-34(9,10)21(4,5)6)15(24)18(31-22)26-11-14(23)17(28)25-19(26)29/h11-12,15-16,18H,13H2,1-10H3,(H,25,28,29)/t15-,16?,18+,22+/m0/s1. The molecule has 8 nitrogen and oxygen atoms in total. The van der Waals surface area contributed by atoms with Gasteiger partial charge in [-0.2, -0.15) is 4.39 Å². The summed E-state index contributed by atoms with van der Waals surface area (Å²) in [6.07, 6.45) is -4.07. The second-order valence-corrected chi connectivity index (χ2v) is 21.6. The number of carbonyl (C=O) groups excluding carboxylic acids is 1. The van der Waals surface area contributed by atoms with Crippen molar-refractivity contribution in [1.82, 2.24) is 9.55 Å². The van der Waals surface area contributed by atoms with Crippen LogP contribution in [0.3, 0.4) is 0 Å². The van der Waals surface area contributed by atoms with Gasteiger partial charge in [-0.3, -0.25) is 19.1 Å². The highest BCUT2D eigenvalue weighted by Gasteiger charge is 2.61. The SMILES string of the molecule is CC(C)(C)[Si](C)(C)OC[C@@]1(C=O)O[C@@H](n2cc(F)c(=O)[nH]c2=O)[C@@H](F)C1O[Si](C)(C)C(C)(C)C. The minimum atomic E-state index is -2.63. The van der Waals surface area contributed by atoms with Crippen molar-refractivity contribution in [3.05, 3.63) is 32.9 Å². The van der Waals surface area contributed by atoms with Crippen LogP contribution in [0.4, 0.5) is 8.78 Å². The molecule has 2 heterocycles. The summed E-state index contributed by atoms with van der Waals surface area (Å²) in [5, 5.41) is -0.514. The van der Waals surface area contributed by atoms with Gasteiger partial charge in [0.15, 0.2) is 40.9 Å². The fourth-order valence-electron chi connectivity index (χ4n) is 3.05. The lowest BCUT2D eigenvalue weighted by Gasteiger charge is -2.43. The molecule has 1 saturated heterocycles. The van der Waals surface area contributed by atoms with Crippen LogP contribution in [-0.2, 0) is 18.4 Å². The number of aldehydes is 1. The topological polar surface area (TPSA) is 99.6 Å². The third kappa shape index (κ3) is 5.35. The van der Waals surface area contributed by atoms with Gasteiger partial charge in [-0.15, -0.1) is 0 Å². The number of ether oxygens (including phenoxy) is 1. The second-order valence-electron chi connectivity index (χ2n) is 12.0. The second kappa shape index (κ2) is 9.19. The Morgan fingerprint density at radius 3 is 2.12 bits per heavy atom. The molecule has 1 aromatic heterocycles. The molecule has 0 radical (unpaired) electrons. The van der Waals surface area contributed by atoms with E-state index in [4.69, 9.17) is 13.6 Å². The van der Waals surface area contributed by atoms with Crippen molar-refractivity contribution in [2.45, 2.75) is 102 Å². The molecule has 1 fully saturated rings. The maximum absolute atomic E-state index is 16.0. The lowest BCUT2D eigenvalue weighted by molar-refractivity contribution is -0.149. The van der Waals surface area contributed by atoms with E-state index in [1.54, 1.807) is 4.98 Å². The Hall–Kier alpha value is -1.48. The van der Waals surface area contributed by atoms with Crippen molar-refractivity contribution in [3.63, 3.8) is 0 Å². The Morgan fingerprint density at radius 1 is 1.12 bits per heavy atom. The quantitative estimate of drug-likeness (QED) is 0.433. The molecule has 12 heteroatoms. The number of halogens is 2. The molecule has 1 N–H and O–H groups in total. The van der Waals surface area contributed by atoms with Gasteiger partial charge in [0.05, 0.1) is 12.8 Å². The molecule has 194 valence electrons. The van der Waals surface area contributed by atoms with Gasteiger partial charge in [0.2, 0.25) is 5.82 Å². The number of nitrogens with zero attached hydrogens (tertiary/aromatic N) is 1. The van der Waals surface area contributed by atoms with Crippen LogP contribution in [0.1, 0.15) is 47.8 Å². The van der Waals surface area contributed by atoms with E-state index in [1.807, 2.05) is 67.7 Å². The zero-order valence-corrected chi connectivity index (χ0v) is 23.7. The zero-order valence-electron chi connectivity index (χ0n) is 21.7. The van der Waals surface area contributed by atoms with E-state index in [2.05, 4.69) is 0 Å². The minimum Gasteiger partial charge on any atom is -0.413 e. The smallest absolute Gasteiger partial charge is 0.330 e. The number of hydrogen-bond acceptors (Lipinski definition) is 6. The van der Waals surface area contributed by atoms with Crippen LogP contribution in [-0.4, -0.2) is 57.0 Å². The highest BCUT2D eigenvalue weighted by Crippen LogP contribution is 2.46. The number of aromatic nitrogens is 2. The average molecular weight is 521 g/mol. The fourth-order valence-corrected chi connectivity index (χ4v) is 5.39. The maximum Gasteiger partial charge on any atom is 0.330 e. The molecule has 0 aromatic carbocycles. The number of H-pyrrole nitrogens is 1. The lowest BCUT2D eigenvalue weighted by atomic mass is 9.98. The zero-order chi connectivity index (χ0) is 26.5. The van der Waals surface area contributed by atoms with Gasteiger partial charge in [-0.05, 0) is 36.3 Å². The monoisotopic (exact) mass is 520 g/mol. The summed E-state index contributed by atoms with van der Waals surface area (Å²) in [6, 6.07) is 0. The molecule has 1 aliphatic rings. The first-order valence-electron chi connectivity index (χ1n) is 11.3. The molecule has 0 saturated carbocycles. The van der Waals surface area contributed by atoms with Crippen molar-refractivity contribution in [3.8, 4) is 0 Å². The molecule has 1 aromatic rings. The molecule has 0 aliphatic carbocycles. The van der Waals surface area contributed by atoms with Gasteiger partial charge >= 0.3 is 5.69 Å². The Bertz CT molecular complexity index is 1030. The highest BCUT2D eigenvalue weighted by atomic mass is 28.4. The molecular formula is C22H38F2N2O6Si2. The first kappa shape index (κ1) is 28.8. The van der Waals surface area contributed by atoms with E-state index in [9.17, 15) is 18.8 Å². The number of rotatable bonds is 7. The summed E-state index contributed by atoms with van der Waals surface area (Å²) in [4.78, 5) is 38.2. The normalized spacial score (nSPS) is 26.6. The predicted molar refractivity (Wildman–Crippen MR) is 130 cm³/mol. The van der Waals surface area contributed by atoms with E-state index >= 15 is 4.39 Å². The van der Waals surface area contributed by atoms with Gasteiger partial charge < -0.3 is 13.6 Å². The molecule has 2 rings (SSSR count). The molecule has 0 bridgehead atoms. The summed E-state index contributed by atoms with van der Waals surface area (Å²) in [5.41, 5.74) is -4.16. The molecule has 1 aliphatic heterocycles. The van der Waals surface area contributed by atoms with Crippen molar-refractivity contribution in [2.24, 2.45) is 0 Å². The van der Waals surface area contributed by atoms with E-state index < -0.39 is 57.8 Å². The van der Waals surface area contributed by atoms with E-state index in [0.717, 1.165) is 0 Å². The van der Waals surface area contributed by atoms with Gasteiger partial charge in [-0.1, -0.05) is 41.5 Å². The van der Waals surface area contributed by atoms with Crippen LogP contribution in [0.25, 0.3) is 0 Å². The van der Waals surface area contributed by atoms with E-state index in [1.165, 1.54) is 0 Å². The Kier molecular flexibility index (Phi) is 7.78. The van der Waals surface area contributed by atoms with E-state index in [0.29, 0.717) is 17.1 Å². The van der Waals surface area contributed by atoms with Crippen molar-refractivity contribution in [2.75, 3.05) is 6.61 Å².